The van der Waals surface area contributed by atoms with E-state index < -0.39 is 17.6 Å². The summed E-state index contributed by atoms with van der Waals surface area (Å²) in [6.45, 7) is 0.358. The number of fused-ring (bicyclic) bond motifs is 3. The quantitative estimate of drug-likeness (QED) is 0.384. The van der Waals surface area contributed by atoms with Crippen molar-refractivity contribution in [3.63, 3.8) is 0 Å². The molecule has 1 aromatic heterocycles. The van der Waals surface area contributed by atoms with Crippen LogP contribution in [-0.4, -0.2) is 10.5 Å². The summed E-state index contributed by atoms with van der Waals surface area (Å²) in [4.78, 5) is 11.9. The maximum absolute atomic E-state index is 13.3. The Morgan fingerprint density at radius 1 is 1.11 bits per heavy atom. The van der Waals surface area contributed by atoms with Crippen molar-refractivity contribution < 1.29 is 18.0 Å². The van der Waals surface area contributed by atoms with Crippen LogP contribution in [0.15, 0.2) is 54.6 Å². The predicted molar refractivity (Wildman–Crippen MR) is 110 cm³/mol. The van der Waals surface area contributed by atoms with Crippen molar-refractivity contribution in [3.05, 3.63) is 80.9 Å². The van der Waals surface area contributed by atoms with Gasteiger partial charge in [-0.25, -0.2) is 0 Å². The lowest BCUT2D eigenvalue weighted by molar-refractivity contribution is -0.137. The van der Waals surface area contributed by atoms with E-state index >= 15 is 0 Å². The molecule has 0 aliphatic rings. The molecule has 0 bridgehead atoms. The van der Waals surface area contributed by atoms with Crippen LogP contribution in [0.25, 0.3) is 21.8 Å². The standard InChI is InChI=1S/C21H13F3IN2O/c22-21(23,24)13-8-9-14-18(10-13)27(11-12-4-1-2-6-16(12)25)17-7-3-5-15(19(14)17)20(26)28/h1-8,10H,11H2,(H2,26,28). The molecule has 1 heterocycles. The molecule has 0 aliphatic carbocycles. The molecule has 28 heavy (non-hydrogen) atoms. The molecule has 4 aromatic rings. The van der Waals surface area contributed by atoms with Crippen LogP contribution in [0, 0.1) is 9.64 Å². The minimum Gasteiger partial charge on any atom is -0.366 e. The van der Waals surface area contributed by atoms with Gasteiger partial charge in [-0.15, -0.1) is 0 Å². The van der Waals surface area contributed by atoms with Gasteiger partial charge < -0.3 is 10.3 Å². The fraction of sp³-hybridized carbons (Fsp3) is 0.0952. The number of carbonyl (C=O) groups excluding carboxylic acids is 1. The number of nitrogens with zero attached hydrogens (tertiary/aromatic N) is 1. The summed E-state index contributed by atoms with van der Waals surface area (Å²) in [5, 5.41) is 0.966. The van der Waals surface area contributed by atoms with Crippen LogP contribution in [0.2, 0.25) is 0 Å². The van der Waals surface area contributed by atoms with Gasteiger partial charge in [0.2, 0.25) is 5.91 Å². The first kappa shape index (κ1) is 18.8. The second-order valence-electron chi connectivity index (χ2n) is 6.39. The summed E-state index contributed by atoms with van der Waals surface area (Å²) in [7, 11) is 0. The number of alkyl halides is 3. The van der Waals surface area contributed by atoms with E-state index in [1.54, 1.807) is 22.8 Å². The van der Waals surface area contributed by atoms with Crippen molar-refractivity contribution in [2.24, 2.45) is 5.73 Å². The maximum Gasteiger partial charge on any atom is 0.416 e. The number of hydrogen-bond donors (Lipinski definition) is 1. The summed E-state index contributed by atoms with van der Waals surface area (Å²) < 4.78 is 42.7. The van der Waals surface area contributed by atoms with Gasteiger partial charge in [-0.05, 0) is 64.6 Å². The Bertz CT molecular complexity index is 1230. The number of rotatable bonds is 3. The van der Waals surface area contributed by atoms with Crippen LogP contribution in [-0.2, 0) is 12.7 Å². The number of nitrogens with two attached hydrogens (primary N) is 1. The van der Waals surface area contributed by atoms with Crippen LogP contribution in [0.1, 0.15) is 21.5 Å². The second-order valence-corrected chi connectivity index (χ2v) is 7.55. The topological polar surface area (TPSA) is 48.0 Å². The molecule has 0 saturated carbocycles. The molecule has 1 radical (unpaired) electrons. The Labute approximate surface area is 172 Å². The summed E-state index contributed by atoms with van der Waals surface area (Å²) in [5.74, 6) is -0.632. The molecule has 2 N–H and O–H groups in total. The number of hydrogen-bond acceptors (Lipinski definition) is 1. The van der Waals surface area contributed by atoms with E-state index in [2.05, 4.69) is 28.7 Å². The Balaban J connectivity index is 2.08. The second kappa shape index (κ2) is 6.80. The van der Waals surface area contributed by atoms with Crippen molar-refractivity contribution >= 4 is 50.3 Å². The third-order valence-corrected chi connectivity index (χ3v) is 5.73. The summed E-state index contributed by atoms with van der Waals surface area (Å²) in [5.41, 5.74) is 6.95. The average Bonchev–Trinajstić information content (AvgIpc) is 2.96. The zero-order valence-electron chi connectivity index (χ0n) is 14.3. The monoisotopic (exact) mass is 493 g/mol. The van der Waals surface area contributed by atoms with E-state index in [1.807, 2.05) is 24.3 Å². The van der Waals surface area contributed by atoms with E-state index in [9.17, 15) is 18.0 Å². The van der Waals surface area contributed by atoms with Crippen LogP contribution in [0.4, 0.5) is 13.2 Å². The fourth-order valence-corrected chi connectivity index (χ4v) is 3.95. The van der Waals surface area contributed by atoms with Crippen molar-refractivity contribution in [2.45, 2.75) is 12.7 Å². The lowest BCUT2D eigenvalue weighted by Gasteiger charge is -2.11. The highest BCUT2D eigenvalue weighted by Crippen LogP contribution is 2.37. The first-order chi connectivity index (χ1) is 13.3. The van der Waals surface area contributed by atoms with Crippen molar-refractivity contribution in [1.29, 1.82) is 0 Å². The number of carbonyl (C=O) groups is 1. The van der Waals surface area contributed by atoms with Gasteiger partial charge >= 0.3 is 6.18 Å². The molecular weight excluding hydrogens is 480 g/mol. The number of benzene rings is 3. The predicted octanol–water partition coefficient (Wildman–Crippen LogP) is 5.37. The zero-order chi connectivity index (χ0) is 20.1. The number of primary amides is 1. The first-order valence-electron chi connectivity index (χ1n) is 8.34. The molecule has 0 aliphatic heterocycles. The van der Waals surface area contributed by atoms with Crippen molar-refractivity contribution in [2.75, 3.05) is 0 Å². The summed E-state index contributed by atoms with van der Waals surface area (Å²) in [6.07, 6.45) is -4.49. The molecule has 141 valence electrons. The summed E-state index contributed by atoms with van der Waals surface area (Å²) >= 11 is 2.19. The van der Waals surface area contributed by atoms with E-state index in [4.69, 9.17) is 5.73 Å². The van der Waals surface area contributed by atoms with Crippen LogP contribution >= 0.6 is 22.6 Å². The van der Waals surface area contributed by atoms with Crippen LogP contribution in [0.3, 0.4) is 0 Å². The molecular formula is C21H13F3IN2O. The maximum atomic E-state index is 13.3. The lowest BCUT2D eigenvalue weighted by Crippen LogP contribution is -2.11. The van der Waals surface area contributed by atoms with Gasteiger partial charge in [0, 0.05) is 26.5 Å². The molecule has 3 nitrogen and oxygen atoms in total. The van der Waals surface area contributed by atoms with Gasteiger partial charge in [-0.1, -0.05) is 24.3 Å². The molecule has 3 aromatic carbocycles. The third kappa shape index (κ3) is 3.13. The molecule has 0 fully saturated rings. The van der Waals surface area contributed by atoms with E-state index in [0.717, 1.165) is 21.3 Å². The Hall–Kier alpha value is -2.55. The molecule has 1 amide bonds. The molecule has 0 saturated heterocycles. The van der Waals surface area contributed by atoms with Gasteiger partial charge in [-0.2, -0.15) is 13.2 Å². The normalized spacial score (nSPS) is 12.0. The lowest BCUT2D eigenvalue weighted by atomic mass is 10.0. The largest absolute Gasteiger partial charge is 0.416 e. The third-order valence-electron chi connectivity index (χ3n) is 4.67. The van der Waals surface area contributed by atoms with E-state index in [1.165, 1.54) is 0 Å². The van der Waals surface area contributed by atoms with Gasteiger partial charge in [0.1, 0.15) is 0 Å². The SMILES string of the molecule is NC(=O)c1cccc2c1c1[c]cc(C(F)(F)F)cc1n2Cc1ccccc1I. The molecule has 0 atom stereocenters. The van der Waals surface area contributed by atoms with Crippen LogP contribution < -0.4 is 5.73 Å². The Morgan fingerprint density at radius 2 is 1.86 bits per heavy atom. The Kier molecular flexibility index (Phi) is 4.57. The van der Waals surface area contributed by atoms with Gasteiger partial charge in [-0.3, -0.25) is 4.79 Å². The highest BCUT2D eigenvalue weighted by molar-refractivity contribution is 14.1. The van der Waals surface area contributed by atoms with Crippen molar-refractivity contribution in [3.8, 4) is 0 Å². The zero-order valence-corrected chi connectivity index (χ0v) is 16.5. The van der Waals surface area contributed by atoms with Crippen molar-refractivity contribution in [1.82, 2.24) is 4.57 Å². The molecule has 0 spiro atoms. The van der Waals surface area contributed by atoms with Gasteiger partial charge in [0.15, 0.2) is 0 Å². The Morgan fingerprint density at radius 3 is 2.54 bits per heavy atom. The minimum atomic E-state index is -4.49. The fourth-order valence-electron chi connectivity index (χ4n) is 3.39. The average molecular weight is 493 g/mol. The van der Waals surface area contributed by atoms with E-state index in [-0.39, 0.29) is 5.56 Å². The number of amides is 1. The highest BCUT2D eigenvalue weighted by atomic mass is 127. The van der Waals surface area contributed by atoms with Crippen LogP contribution in [0.5, 0.6) is 0 Å². The number of halogens is 4. The van der Waals surface area contributed by atoms with Gasteiger partial charge in [0.05, 0.1) is 16.6 Å². The highest BCUT2D eigenvalue weighted by Gasteiger charge is 2.31. The van der Waals surface area contributed by atoms with E-state index in [0.29, 0.717) is 28.4 Å². The number of aromatic nitrogens is 1. The smallest absolute Gasteiger partial charge is 0.366 e. The first-order valence-corrected chi connectivity index (χ1v) is 9.42. The molecule has 4 rings (SSSR count). The molecule has 0 unspecified atom stereocenters. The molecule has 7 heteroatoms. The van der Waals surface area contributed by atoms with Gasteiger partial charge in [0.25, 0.3) is 0 Å². The summed E-state index contributed by atoms with van der Waals surface area (Å²) in [6, 6.07) is 17.4. The minimum absolute atomic E-state index is 0.264.